The average molecular weight is 254 g/mol. The van der Waals surface area contributed by atoms with Crippen LogP contribution in [0.5, 0.6) is 0 Å². The van der Waals surface area contributed by atoms with Gasteiger partial charge in [0.1, 0.15) is 0 Å². The zero-order chi connectivity index (χ0) is 9.80. The van der Waals surface area contributed by atoms with Crippen LogP contribution < -0.4 is 5.32 Å². The van der Waals surface area contributed by atoms with Gasteiger partial charge in [-0.1, -0.05) is 41.3 Å². The van der Waals surface area contributed by atoms with E-state index in [1.165, 1.54) is 31.4 Å². The Morgan fingerprint density at radius 1 is 1.36 bits per heavy atom. The van der Waals surface area contributed by atoms with E-state index >= 15 is 0 Å². The molecular weight excluding hydrogens is 238 g/mol. The molecule has 0 amide bonds. The molecule has 1 aromatic carbocycles. The molecule has 1 saturated carbocycles. The number of halogens is 1. The Morgan fingerprint density at radius 3 is 2.86 bits per heavy atom. The lowest BCUT2D eigenvalue weighted by Gasteiger charge is -2.25. The molecule has 0 atom stereocenters. The van der Waals surface area contributed by atoms with Crippen LogP contribution in [-0.4, -0.2) is 6.54 Å². The maximum atomic E-state index is 3.47. The van der Waals surface area contributed by atoms with Gasteiger partial charge in [-0.2, -0.15) is 0 Å². The Hall–Kier alpha value is -0.500. The summed E-state index contributed by atoms with van der Waals surface area (Å²) in [5.74, 6) is 0.995. The van der Waals surface area contributed by atoms with Crippen LogP contribution in [0.25, 0.3) is 0 Å². The number of anilines is 1. The van der Waals surface area contributed by atoms with Gasteiger partial charge in [0.25, 0.3) is 0 Å². The lowest BCUT2D eigenvalue weighted by atomic mass is 9.83. The molecule has 0 aliphatic heterocycles. The summed E-state index contributed by atoms with van der Waals surface area (Å²) >= 11 is 3.47. The van der Waals surface area contributed by atoms with Crippen molar-refractivity contribution >= 4 is 21.6 Å². The first-order chi connectivity index (χ1) is 6.84. The third-order valence-corrected chi connectivity index (χ3v) is 3.42. The molecule has 0 radical (unpaired) electrons. The first-order valence-corrected chi connectivity index (χ1v) is 6.13. The molecule has 1 aliphatic rings. The molecule has 1 aliphatic carbocycles. The first kappa shape index (κ1) is 10.0. The summed E-state index contributed by atoms with van der Waals surface area (Å²) in [6.07, 6.45) is 5.66. The lowest BCUT2D eigenvalue weighted by molar-refractivity contribution is 0.303. The van der Waals surface area contributed by atoms with Crippen molar-refractivity contribution in [1.82, 2.24) is 0 Å². The second-order valence-electron chi connectivity index (χ2n) is 4.02. The van der Waals surface area contributed by atoms with Gasteiger partial charge in [-0.05, 0) is 30.5 Å². The largest absolute Gasteiger partial charge is 0.385 e. The molecule has 1 fully saturated rings. The Bertz CT molecular complexity index is 294. The molecule has 1 nitrogen and oxygen atoms in total. The van der Waals surface area contributed by atoms with Gasteiger partial charge < -0.3 is 5.32 Å². The molecule has 0 unspecified atom stereocenters. The van der Waals surface area contributed by atoms with E-state index in [-0.39, 0.29) is 0 Å². The van der Waals surface area contributed by atoms with E-state index in [0.29, 0.717) is 0 Å². The van der Waals surface area contributed by atoms with Crippen LogP contribution >= 0.6 is 15.9 Å². The second-order valence-corrected chi connectivity index (χ2v) is 4.94. The number of nitrogens with one attached hydrogen (secondary N) is 1. The third kappa shape index (κ3) is 2.74. The minimum absolute atomic E-state index is 0.995. The van der Waals surface area contributed by atoms with Crippen molar-refractivity contribution in [2.24, 2.45) is 5.92 Å². The van der Waals surface area contributed by atoms with Crippen LogP contribution in [0.1, 0.15) is 25.7 Å². The van der Waals surface area contributed by atoms with Gasteiger partial charge >= 0.3 is 0 Å². The van der Waals surface area contributed by atoms with E-state index in [9.17, 15) is 0 Å². The summed E-state index contributed by atoms with van der Waals surface area (Å²) in [4.78, 5) is 0. The number of hydrogen-bond acceptors (Lipinski definition) is 1. The monoisotopic (exact) mass is 253 g/mol. The standard InChI is InChI=1S/C12H16BrN/c13-11-5-2-6-12(9-11)14-8-7-10-3-1-4-10/h2,5-6,9-10,14H,1,3-4,7-8H2. The fraction of sp³-hybridized carbons (Fsp3) is 0.500. The van der Waals surface area contributed by atoms with E-state index in [4.69, 9.17) is 0 Å². The van der Waals surface area contributed by atoms with Gasteiger partial charge in [0.15, 0.2) is 0 Å². The van der Waals surface area contributed by atoms with Crippen LogP contribution in [0.4, 0.5) is 5.69 Å². The Labute approximate surface area is 94.0 Å². The Morgan fingerprint density at radius 2 is 2.21 bits per heavy atom. The summed E-state index contributed by atoms with van der Waals surface area (Å²) in [5, 5.41) is 3.45. The quantitative estimate of drug-likeness (QED) is 0.854. The van der Waals surface area contributed by atoms with Gasteiger partial charge in [0.2, 0.25) is 0 Å². The molecule has 0 saturated heterocycles. The van der Waals surface area contributed by atoms with Gasteiger partial charge in [-0.15, -0.1) is 0 Å². The van der Waals surface area contributed by atoms with E-state index in [1.807, 2.05) is 0 Å². The van der Waals surface area contributed by atoms with Crippen molar-refractivity contribution in [3.8, 4) is 0 Å². The maximum Gasteiger partial charge on any atom is 0.0351 e. The predicted octanol–water partition coefficient (Wildman–Crippen LogP) is 4.05. The Kier molecular flexibility index (Phi) is 3.46. The van der Waals surface area contributed by atoms with Gasteiger partial charge in [-0.25, -0.2) is 0 Å². The zero-order valence-electron chi connectivity index (χ0n) is 8.30. The second kappa shape index (κ2) is 4.83. The van der Waals surface area contributed by atoms with E-state index < -0.39 is 0 Å². The van der Waals surface area contributed by atoms with Gasteiger partial charge in [0.05, 0.1) is 0 Å². The lowest BCUT2D eigenvalue weighted by Crippen LogP contribution is -2.15. The molecular formula is C12H16BrN. The molecule has 0 spiro atoms. The smallest absolute Gasteiger partial charge is 0.0351 e. The third-order valence-electron chi connectivity index (χ3n) is 2.93. The zero-order valence-corrected chi connectivity index (χ0v) is 9.89. The first-order valence-electron chi connectivity index (χ1n) is 5.34. The molecule has 0 heterocycles. The average Bonchev–Trinajstić information content (AvgIpc) is 2.09. The highest BCUT2D eigenvalue weighted by atomic mass is 79.9. The van der Waals surface area contributed by atoms with Crippen LogP contribution in [0.3, 0.4) is 0 Å². The summed E-state index contributed by atoms with van der Waals surface area (Å²) in [6, 6.07) is 8.36. The highest BCUT2D eigenvalue weighted by Gasteiger charge is 2.16. The summed E-state index contributed by atoms with van der Waals surface area (Å²) in [6.45, 7) is 1.11. The molecule has 0 bridgehead atoms. The van der Waals surface area contributed by atoms with Crippen LogP contribution in [-0.2, 0) is 0 Å². The van der Waals surface area contributed by atoms with Gasteiger partial charge in [-0.3, -0.25) is 0 Å². The molecule has 2 heteroatoms. The van der Waals surface area contributed by atoms with Crippen molar-refractivity contribution in [3.63, 3.8) is 0 Å². The van der Waals surface area contributed by atoms with Crippen molar-refractivity contribution in [2.75, 3.05) is 11.9 Å². The molecule has 1 N–H and O–H groups in total. The SMILES string of the molecule is Brc1cccc(NCCC2CCC2)c1. The maximum absolute atomic E-state index is 3.47. The number of benzene rings is 1. The summed E-state index contributed by atoms with van der Waals surface area (Å²) < 4.78 is 1.14. The molecule has 2 rings (SSSR count). The van der Waals surface area contributed by atoms with Crippen molar-refractivity contribution < 1.29 is 0 Å². The number of hydrogen-bond donors (Lipinski definition) is 1. The topological polar surface area (TPSA) is 12.0 Å². The molecule has 1 aromatic rings. The van der Waals surface area contributed by atoms with E-state index in [0.717, 1.165) is 16.9 Å². The van der Waals surface area contributed by atoms with Crippen molar-refractivity contribution in [3.05, 3.63) is 28.7 Å². The van der Waals surface area contributed by atoms with Gasteiger partial charge in [0, 0.05) is 16.7 Å². The van der Waals surface area contributed by atoms with Crippen LogP contribution in [0, 0.1) is 5.92 Å². The van der Waals surface area contributed by atoms with Crippen molar-refractivity contribution in [2.45, 2.75) is 25.7 Å². The summed E-state index contributed by atoms with van der Waals surface area (Å²) in [7, 11) is 0. The molecule has 0 aromatic heterocycles. The summed E-state index contributed by atoms with van der Waals surface area (Å²) in [5.41, 5.74) is 1.22. The fourth-order valence-corrected chi connectivity index (χ4v) is 2.20. The normalized spacial score (nSPS) is 16.4. The van der Waals surface area contributed by atoms with E-state index in [2.05, 4.69) is 45.5 Å². The highest BCUT2D eigenvalue weighted by Crippen LogP contribution is 2.29. The Balaban J connectivity index is 1.74. The van der Waals surface area contributed by atoms with Crippen molar-refractivity contribution in [1.29, 1.82) is 0 Å². The fourth-order valence-electron chi connectivity index (χ4n) is 1.80. The predicted molar refractivity (Wildman–Crippen MR) is 64.6 cm³/mol. The van der Waals surface area contributed by atoms with Crippen LogP contribution in [0.15, 0.2) is 28.7 Å². The molecule has 14 heavy (non-hydrogen) atoms. The number of rotatable bonds is 4. The van der Waals surface area contributed by atoms with Crippen LogP contribution in [0.2, 0.25) is 0 Å². The van der Waals surface area contributed by atoms with E-state index in [1.54, 1.807) is 0 Å². The molecule has 76 valence electrons. The minimum Gasteiger partial charge on any atom is -0.385 e. The minimum atomic E-state index is 0.995. The highest BCUT2D eigenvalue weighted by molar-refractivity contribution is 9.10.